The summed E-state index contributed by atoms with van der Waals surface area (Å²) >= 11 is 0. The lowest BCUT2D eigenvalue weighted by molar-refractivity contribution is 0.242. The smallest absolute Gasteiger partial charge is 0.243 e. The minimum absolute atomic E-state index is 0.0124. The maximum absolute atomic E-state index is 14.0. The van der Waals surface area contributed by atoms with Crippen LogP contribution in [0.2, 0.25) is 0 Å². The molecule has 6 nitrogen and oxygen atoms in total. The molecule has 2 aromatic rings. The number of hydrogen-bond donors (Lipinski definition) is 1. The molecule has 8 heteroatoms. The van der Waals surface area contributed by atoms with Crippen LogP contribution in [0.3, 0.4) is 0 Å². The van der Waals surface area contributed by atoms with Crippen LogP contribution in [0.15, 0.2) is 47.4 Å². The van der Waals surface area contributed by atoms with Crippen molar-refractivity contribution >= 4 is 15.7 Å². The highest BCUT2D eigenvalue weighted by Crippen LogP contribution is 2.27. The van der Waals surface area contributed by atoms with Crippen LogP contribution in [0, 0.1) is 5.82 Å². The topological polar surface area (TPSA) is 70.1 Å². The highest BCUT2D eigenvalue weighted by Gasteiger charge is 2.29. The molecular formula is C19H23FN2O4S. The van der Waals surface area contributed by atoms with E-state index in [1.807, 2.05) is 13.8 Å². The van der Waals surface area contributed by atoms with Gasteiger partial charge in [-0.1, -0.05) is 0 Å². The fourth-order valence-electron chi connectivity index (χ4n) is 3.02. The van der Waals surface area contributed by atoms with Crippen LogP contribution in [0.5, 0.6) is 11.5 Å². The summed E-state index contributed by atoms with van der Waals surface area (Å²) in [5, 5.41) is 9.57. The van der Waals surface area contributed by atoms with Gasteiger partial charge in [-0.25, -0.2) is 12.8 Å². The van der Waals surface area contributed by atoms with Crippen molar-refractivity contribution in [1.29, 1.82) is 0 Å². The number of piperazine rings is 1. The number of phenols is 1. The molecule has 0 saturated carbocycles. The average molecular weight is 394 g/mol. The second-order valence-corrected chi connectivity index (χ2v) is 8.60. The fourth-order valence-corrected chi connectivity index (χ4v) is 4.45. The van der Waals surface area contributed by atoms with Gasteiger partial charge in [-0.05, 0) is 50.2 Å². The van der Waals surface area contributed by atoms with Gasteiger partial charge < -0.3 is 14.7 Å². The Kier molecular flexibility index (Phi) is 5.57. The van der Waals surface area contributed by atoms with Crippen LogP contribution in [0.1, 0.15) is 13.8 Å². The molecule has 1 saturated heterocycles. The molecule has 0 aromatic heterocycles. The zero-order chi connectivity index (χ0) is 19.6. The quantitative estimate of drug-likeness (QED) is 0.845. The number of ether oxygens (including phenoxy) is 1. The van der Waals surface area contributed by atoms with Crippen molar-refractivity contribution in [3.63, 3.8) is 0 Å². The number of anilines is 1. The zero-order valence-electron chi connectivity index (χ0n) is 15.3. The standard InChI is InChI=1S/C19H23FN2O4S/c1-14(2)26-16-4-6-17(7-5-16)27(24,25)22-11-9-21(10-12-22)19-13-15(23)3-8-18(19)20/h3-8,13-14,23H,9-12H2,1-2H3. The molecule has 0 radical (unpaired) electrons. The molecular weight excluding hydrogens is 371 g/mol. The summed E-state index contributed by atoms with van der Waals surface area (Å²) in [5.74, 6) is 0.156. The van der Waals surface area contributed by atoms with E-state index in [2.05, 4.69) is 0 Å². The molecule has 27 heavy (non-hydrogen) atoms. The van der Waals surface area contributed by atoms with Crippen LogP contribution in [-0.2, 0) is 10.0 Å². The van der Waals surface area contributed by atoms with E-state index in [-0.39, 0.29) is 35.5 Å². The number of sulfonamides is 1. The Morgan fingerprint density at radius 1 is 1.04 bits per heavy atom. The number of hydrogen-bond acceptors (Lipinski definition) is 5. The third-order valence-electron chi connectivity index (χ3n) is 4.34. The first kappa shape index (κ1) is 19.4. The zero-order valence-corrected chi connectivity index (χ0v) is 16.1. The molecule has 1 aliphatic rings. The second kappa shape index (κ2) is 7.74. The molecule has 0 aliphatic carbocycles. The molecule has 0 atom stereocenters. The SMILES string of the molecule is CC(C)Oc1ccc(S(=O)(=O)N2CCN(c3cc(O)ccc3F)CC2)cc1. The lowest BCUT2D eigenvalue weighted by Crippen LogP contribution is -2.48. The molecule has 0 bridgehead atoms. The third kappa shape index (κ3) is 4.33. The van der Waals surface area contributed by atoms with E-state index in [4.69, 9.17) is 4.74 Å². The molecule has 1 heterocycles. The fraction of sp³-hybridized carbons (Fsp3) is 0.368. The highest BCUT2D eigenvalue weighted by molar-refractivity contribution is 7.89. The minimum atomic E-state index is -3.62. The van der Waals surface area contributed by atoms with E-state index in [0.717, 1.165) is 0 Å². The Labute approximate surface area is 158 Å². The maximum Gasteiger partial charge on any atom is 0.243 e. The summed E-state index contributed by atoms with van der Waals surface area (Å²) in [5.41, 5.74) is 0.280. The summed E-state index contributed by atoms with van der Waals surface area (Å²) in [6.07, 6.45) is 0.0124. The normalized spacial score (nSPS) is 15.9. The molecule has 3 rings (SSSR count). The lowest BCUT2D eigenvalue weighted by Gasteiger charge is -2.35. The Morgan fingerprint density at radius 2 is 1.67 bits per heavy atom. The van der Waals surface area contributed by atoms with Gasteiger partial charge in [0.2, 0.25) is 10.0 Å². The molecule has 1 N–H and O–H groups in total. The van der Waals surface area contributed by atoms with E-state index in [9.17, 15) is 17.9 Å². The summed E-state index contributed by atoms with van der Waals surface area (Å²) in [6.45, 7) is 4.96. The van der Waals surface area contributed by atoms with Crippen LogP contribution in [0.4, 0.5) is 10.1 Å². The first-order chi connectivity index (χ1) is 12.8. The van der Waals surface area contributed by atoms with Gasteiger partial charge in [0.15, 0.2) is 0 Å². The monoisotopic (exact) mass is 394 g/mol. The summed E-state index contributed by atoms with van der Waals surface area (Å²) in [7, 11) is -3.62. The van der Waals surface area contributed by atoms with Crippen LogP contribution < -0.4 is 9.64 Å². The number of nitrogens with zero attached hydrogens (tertiary/aromatic N) is 2. The Morgan fingerprint density at radius 3 is 2.26 bits per heavy atom. The molecule has 146 valence electrons. The number of rotatable bonds is 5. The molecule has 0 spiro atoms. The van der Waals surface area contributed by atoms with Crippen LogP contribution in [-0.4, -0.2) is 50.1 Å². The Balaban J connectivity index is 1.70. The summed E-state index contributed by atoms with van der Waals surface area (Å²) in [6, 6.07) is 10.2. The average Bonchev–Trinajstić information content (AvgIpc) is 2.64. The molecule has 1 fully saturated rings. The molecule has 0 amide bonds. The number of aromatic hydroxyl groups is 1. The lowest BCUT2D eigenvalue weighted by atomic mass is 10.2. The second-order valence-electron chi connectivity index (χ2n) is 6.66. The van der Waals surface area contributed by atoms with Crippen molar-refractivity contribution in [2.45, 2.75) is 24.8 Å². The van der Waals surface area contributed by atoms with Crippen LogP contribution in [0.25, 0.3) is 0 Å². The third-order valence-corrected chi connectivity index (χ3v) is 6.26. The van der Waals surface area contributed by atoms with Crippen LogP contribution >= 0.6 is 0 Å². The van der Waals surface area contributed by atoms with E-state index in [1.165, 1.54) is 34.6 Å². The molecule has 0 unspecified atom stereocenters. The van der Waals surface area contributed by atoms with Crippen molar-refractivity contribution in [3.05, 3.63) is 48.3 Å². The largest absolute Gasteiger partial charge is 0.508 e. The van der Waals surface area contributed by atoms with Gasteiger partial charge in [-0.3, -0.25) is 0 Å². The van der Waals surface area contributed by atoms with Crippen molar-refractivity contribution in [2.75, 3.05) is 31.1 Å². The van der Waals surface area contributed by atoms with E-state index >= 15 is 0 Å². The number of benzene rings is 2. The number of phenolic OH excluding ortho intramolecular Hbond substituents is 1. The Bertz CT molecular complexity index is 892. The van der Waals surface area contributed by atoms with Gasteiger partial charge in [-0.2, -0.15) is 4.31 Å². The predicted molar refractivity (Wildman–Crippen MR) is 101 cm³/mol. The van der Waals surface area contributed by atoms with Gasteiger partial charge in [0.05, 0.1) is 16.7 Å². The Hall–Kier alpha value is -2.32. The first-order valence-electron chi connectivity index (χ1n) is 8.78. The number of halogens is 1. The summed E-state index contributed by atoms with van der Waals surface area (Å²) in [4.78, 5) is 1.94. The highest BCUT2D eigenvalue weighted by atomic mass is 32.2. The first-order valence-corrected chi connectivity index (χ1v) is 10.2. The summed E-state index contributed by atoms with van der Waals surface area (Å²) < 4.78 is 46.6. The van der Waals surface area contributed by atoms with Gasteiger partial charge in [0, 0.05) is 32.2 Å². The van der Waals surface area contributed by atoms with E-state index in [1.54, 1.807) is 17.0 Å². The maximum atomic E-state index is 14.0. The van der Waals surface area contributed by atoms with Crippen molar-refractivity contribution in [1.82, 2.24) is 4.31 Å². The van der Waals surface area contributed by atoms with Gasteiger partial charge in [-0.15, -0.1) is 0 Å². The molecule has 2 aromatic carbocycles. The molecule has 1 aliphatic heterocycles. The van der Waals surface area contributed by atoms with Crippen molar-refractivity contribution < 1.29 is 22.7 Å². The minimum Gasteiger partial charge on any atom is -0.508 e. The van der Waals surface area contributed by atoms with Crippen molar-refractivity contribution in [2.24, 2.45) is 0 Å². The van der Waals surface area contributed by atoms with Crippen molar-refractivity contribution in [3.8, 4) is 11.5 Å². The van der Waals surface area contributed by atoms with E-state index < -0.39 is 15.8 Å². The predicted octanol–water partition coefficient (Wildman–Crippen LogP) is 2.83. The van der Waals surface area contributed by atoms with E-state index in [0.29, 0.717) is 18.8 Å². The van der Waals surface area contributed by atoms with Gasteiger partial charge in [0.1, 0.15) is 17.3 Å². The van der Waals surface area contributed by atoms with Gasteiger partial charge >= 0.3 is 0 Å². The van der Waals surface area contributed by atoms with Gasteiger partial charge in [0.25, 0.3) is 0 Å².